The van der Waals surface area contributed by atoms with Gasteiger partial charge in [0.15, 0.2) is 0 Å². The van der Waals surface area contributed by atoms with E-state index < -0.39 is 105 Å². The molecule has 0 bridgehead atoms. The van der Waals surface area contributed by atoms with Gasteiger partial charge in [0.2, 0.25) is 0 Å². The van der Waals surface area contributed by atoms with Crippen LogP contribution in [0.3, 0.4) is 0 Å². The van der Waals surface area contributed by atoms with Gasteiger partial charge < -0.3 is 20.9 Å². The molecule has 0 aromatic heterocycles. The predicted molar refractivity (Wildman–Crippen MR) is 113 cm³/mol. The molecule has 0 amide bonds. The van der Waals surface area contributed by atoms with E-state index in [-0.39, 0.29) is 12.1 Å². The number of halogens is 15. The van der Waals surface area contributed by atoms with Gasteiger partial charge in [-0.3, -0.25) is 0 Å². The summed E-state index contributed by atoms with van der Waals surface area (Å²) in [6.45, 7) is 0. The Bertz CT molecular complexity index is 1380. The number of rotatable bonds is 4. The van der Waals surface area contributed by atoms with Crippen molar-refractivity contribution in [2.75, 3.05) is 11.5 Å². The smallest absolute Gasteiger partial charge is 0.423 e. The van der Waals surface area contributed by atoms with Crippen LogP contribution < -0.4 is 20.9 Å². The zero-order valence-electron chi connectivity index (χ0n) is 19.7. The molecule has 4 nitrogen and oxygen atoms in total. The minimum Gasteiger partial charge on any atom is -0.456 e. The van der Waals surface area contributed by atoms with E-state index in [1.165, 1.54) is 0 Å². The zero-order chi connectivity index (χ0) is 32.2. The van der Waals surface area contributed by atoms with Crippen LogP contribution in [0.5, 0.6) is 23.0 Å². The Morgan fingerprint density at radius 3 is 0.976 bits per heavy atom. The highest BCUT2D eigenvalue weighted by molar-refractivity contribution is 5.61. The Morgan fingerprint density at radius 1 is 0.405 bits per heavy atom. The predicted octanol–water partition coefficient (Wildman–Crippen LogP) is 9.53. The first kappa shape index (κ1) is 32.3. The van der Waals surface area contributed by atoms with E-state index in [1.54, 1.807) is 0 Å². The molecule has 0 unspecified atom stereocenters. The van der Waals surface area contributed by atoms with E-state index in [9.17, 15) is 65.9 Å². The fraction of sp³-hybridized carbons (Fsp3) is 0.217. The van der Waals surface area contributed by atoms with Crippen LogP contribution in [-0.4, -0.2) is 0 Å². The zero-order valence-corrected chi connectivity index (χ0v) is 19.7. The molecule has 0 atom stereocenters. The lowest BCUT2D eigenvalue weighted by Crippen LogP contribution is -2.16. The average Bonchev–Trinajstić information content (AvgIpc) is 2.75. The highest BCUT2D eigenvalue weighted by atomic mass is 19.4. The lowest BCUT2D eigenvalue weighted by atomic mass is 10.1. The molecule has 230 valence electrons. The molecule has 0 aliphatic rings. The number of nitrogens with two attached hydrogens (primary N) is 2. The molecule has 42 heavy (non-hydrogen) atoms. The summed E-state index contributed by atoms with van der Waals surface area (Å²) in [6, 6.07) is 0.0549. The Morgan fingerprint density at radius 2 is 0.714 bits per heavy atom. The first-order valence-electron chi connectivity index (χ1n) is 10.5. The number of benzene rings is 3. The SMILES string of the molecule is Nc1cc(Oc2cccc(Oc3cc(N)c(C(F)(F)F)cc3C(F)(F)F)c2C(F)(F)F)c(C(F)(F)F)cc1C(F)(F)F. The molecule has 4 N–H and O–H groups in total. The molecule has 0 aliphatic heterocycles. The third-order valence-electron chi connectivity index (χ3n) is 5.24. The van der Waals surface area contributed by atoms with Crippen LogP contribution in [0.1, 0.15) is 27.8 Å². The highest BCUT2D eigenvalue weighted by Crippen LogP contribution is 2.50. The highest BCUT2D eigenvalue weighted by Gasteiger charge is 2.44. The quantitative estimate of drug-likeness (QED) is 0.222. The number of alkyl halides is 15. The third-order valence-corrected chi connectivity index (χ3v) is 5.24. The van der Waals surface area contributed by atoms with Gasteiger partial charge in [-0.2, -0.15) is 65.9 Å². The minimum absolute atomic E-state index is 0.0718. The normalized spacial score (nSPS) is 13.3. The molecule has 3 aromatic carbocycles. The molecule has 3 aromatic rings. The number of nitrogen functional groups attached to an aromatic ring is 2. The summed E-state index contributed by atoms with van der Waals surface area (Å²) in [5.41, 5.74) is -3.16. The van der Waals surface area contributed by atoms with E-state index in [2.05, 4.69) is 9.47 Å². The molecule has 0 heterocycles. The number of ether oxygens (including phenoxy) is 2. The van der Waals surface area contributed by atoms with Gasteiger partial charge >= 0.3 is 30.9 Å². The molecule has 0 saturated carbocycles. The monoisotopic (exact) mass is 632 g/mol. The van der Waals surface area contributed by atoms with Crippen molar-refractivity contribution in [1.82, 2.24) is 0 Å². The number of anilines is 2. The van der Waals surface area contributed by atoms with Gasteiger partial charge in [0.05, 0.1) is 22.3 Å². The van der Waals surface area contributed by atoms with Gasteiger partial charge in [-0.1, -0.05) is 6.07 Å². The Kier molecular flexibility index (Phi) is 7.90. The van der Waals surface area contributed by atoms with Gasteiger partial charge in [0, 0.05) is 23.5 Å². The van der Waals surface area contributed by atoms with Crippen LogP contribution in [0.2, 0.25) is 0 Å². The Labute approximate surface area is 223 Å². The molecule has 19 heteroatoms. The molecule has 3 rings (SSSR count). The van der Waals surface area contributed by atoms with Crippen molar-refractivity contribution in [3.05, 3.63) is 70.3 Å². The lowest BCUT2D eigenvalue weighted by molar-refractivity contribution is -0.144. The van der Waals surface area contributed by atoms with Crippen molar-refractivity contribution in [1.29, 1.82) is 0 Å². The standard InChI is InChI=1S/C23H11F15N2O2/c24-19(25,26)8-4-10(21(30,31)32)16(6-12(8)39)41-14-2-1-3-15(18(14)23(36,37)38)42-17-7-13(40)9(20(27,28)29)5-11(17)22(33,34)35/h1-7H,39-40H2. The van der Waals surface area contributed by atoms with E-state index in [0.717, 1.165) is 0 Å². The lowest BCUT2D eigenvalue weighted by Gasteiger charge is -2.22. The van der Waals surface area contributed by atoms with Crippen molar-refractivity contribution in [2.24, 2.45) is 0 Å². The summed E-state index contributed by atoms with van der Waals surface area (Å²) in [6.07, 6.45) is -27.8. The fourth-order valence-electron chi connectivity index (χ4n) is 3.49. The molecule has 0 saturated heterocycles. The maximum Gasteiger partial charge on any atom is 0.423 e. The summed E-state index contributed by atoms with van der Waals surface area (Å²) in [4.78, 5) is 0. The van der Waals surface area contributed by atoms with Crippen molar-refractivity contribution in [3.63, 3.8) is 0 Å². The van der Waals surface area contributed by atoms with Crippen molar-refractivity contribution >= 4 is 11.4 Å². The molecular weight excluding hydrogens is 621 g/mol. The van der Waals surface area contributed by atoms with Crippen molar-refractivity contribution in [3.8, 4) is 23.0 Å². The summed E-state index contributed by atoms with van der Waals surface area (Å²) < 4.78 is 211. The topological polar surface area (TPSA) is 70.5 Å². The van der Waals surface area contributed by atoms with E-state index in [0.29, 0.717) is 18.2 Å². The first-order valence-corrected chi connectivity index (χ1v) is 10.5. The van der Waals surface area contributed by atoms with Crippen molar-refractivity contribution in [2.45, 2.75) is 30.9 Å². The second kappa shape index (κ2) is 10.3. The summed E-state index contributed by atoms with van der Waals surface area (Å²) in [5.74, 6) is -6.55. The molecule has 0 fully saturated rings. The van der Waals surface area contributed by atoms with Gasteiger partial charge in [-0.15, -0.1) is 0 Å². The van der Waals surface area contributed by atoms with Crippen LogP contribution in [0.25, 0.3) is 0 Å². The van der Waals surface area contributed by atoms with Gasteiger partial charge in [-0.25, -0.2) is 0 Å². The van der Waals surface area contributed by atoms with E-state index in [1.807, 2.05) is 0 Å². The molecular formula is C23H11F15N2O2. The van der Waals surface area contributed by atoms with Crippen LogP contribution in [0.15, 0.2) is 42.5 Å². The Hall–Kier alpha value is -4.19. The van der Waals surface area contributed by atoms with E-state index >= 15 is 0 Å². The van der Waals surface area contributed by atoms with Crippen LogP contribution in [0.4, 0.5) is 77.2 Å². The fourth-order valence-corrected chi connectivity index (χ4v) is 3.49. The average molecular weight is 632 g/mol. The van der Waals surface area contributed by atoms with Crippen LogP contribution in [0, 0.1) is 0 Å². The summed E-state index contributed by atoms with van der Waals surface area (Å²) in [5, 5.41) is 0. The summed E-state index contributed by atoms with van der Waals surface area (Å²) >= 11 is 0. The number of hydrogen-bond donors (Lipinski definition) is 2. The maximum atomic E-state index is 14.0. The second-order valence-corrected chi connectivity index (χ2v) is 8.19. The molecule has 0 spiro atoms. The van der Waals surface area contributed by atoms with E-state index in [4.69, 9.17) is 11.5 Å². The maximum absolute atomic E-state index is 14.0. The molecule has 0 radical (unpaired) electrons. The molecule has 0 aliphatic carbocycles. The largest absolute Gasteiger partial charge is 0.456 e. The summed E-state index contributed by atoms with van der Waals surface area (Å²) in [7, 11) is 0. The van der Waals surface area contributed by atoms with Gasteiger partial charge in [-0.05, 0) is 24.3 Å². The Balaban J connectivity index is 2.24. The van der Waals surface area contributed by atoms with Gasteiger partial charge in [0.1, 0.15) is 28.6 Å². The minimum atomic E-state index is -5.70. The van der Waals surface area contributed by atoms with Gasteiger partial charge in [0.25, 0.3) is 0 Å². The van der Waals surface area contributed by atoms with Crippen molar-refractivity contribution < 1.29 is 75.3 Å². The second-order valence-electron chi connectivity index (χ2n) is 8.19. The first-order chi connectivity index (χ1) is 18.8. The number of hydrogen-bond acceptors (Lipinski definition) is 4. The van der Waals surface area contributed by atoms with Crippen LogP contribution in [-0.2, 0) is 30.9 Å². The van der Waals surface area contributed by atoms with Crippen LogP contribution >= 0.6 is 0 Å². The third kappa shape index (κ3) is 6.81.